The number of amides is 1. The van der Waals surface area contributed by atoms with Gasteiger partial charge in [0.05, 0.1) is 24.7 Å². The molecule has 0 aliphatic carbocycles. The fourth-order valence-electron chi connectivity index (χ4n) is 2.06. The van der Waals surface area contributed by atoms with E-state index in [1.54, 1.807) is 36.4 Å². The third-order valence-electron chi connectivity index (χ3n) is 3.24. The molecule has 0 unspecified atom stereocenters. The molecule has 0 aliphatic rings. The minimum atomic E-state index is -0.619. The Hall–Kier alpha value is -1.78. The largest absolute Gasteiger partial charge is 0.487 e. The molecular formula is C19H12Br2Cl2N2O2. The van der Waals surface area contributed by atoms with Crippen LogP contribution in [0.5, 0.6) is 5.75 Å². The van der Waals surface area contributed by atoms with Crippen molar-refractivity contribution in [2.24, 2.45) is 0 Å². The first-order valence-electron chi connectivity index (χ1n) is 7.47. The van der Waals surface area contributed by atoms with Crippen LogP contribution in [0.25, 0.3) is 6.08 Å². The number of nitriles is 1. The molecule has 2 rings (SSSR count). The first-order chi connectivity index (χ1) is 12.9. The van der Waals surface area contributed by atoms with Crippen molar-refractivity contribution >= 4 is 72.7 Å². The van der Waals surface area contributed by atoms with Gasteiger partial charge in [-0.1, -0.05) is 41.9 Å². The summed E-state index contributed by atoms with van der Waals surface area (Å²) in [6.07, 6.45) is 3.08. The van der Waals surface area contributed by atoms with Crippen molar-refractivity contribution in [3.63, 3.8) is 0 Å². The number of hydrogen-bond acceptors (Lipinski definition) is 3. The van der Waals surface area contributed by atoms with E-state index in [0.717, 1.165) is 0 Å². The van der Waals surface area contributed by atoms with Crippen LogP contribution < -0.4 is 10.1 Å². The summed E-state index contributed by atoms with van der Waals surface area (Å²) in [5.41, 5.74) is 0.767. The van der Waals surface area contributed by atoms with Crippen LogP contribution in [0.2, 0.25) is 10.0 Å². The smallest absolute Gasteiger partial charge is 0.266 e. The van der Waals surface area contributed by atoms with Gasteiger partial charge in [-0.15, -0.1) is 0 Å². The number of carbonyl (C=O) groups is 1. The molecule has 0 radical (unpaired) electrons. The molecule has 0 heterocycles. The van der Waals surface area contributed by atoms with Crippen LogP contribution in [-0.4, -0.2) is 12.5 Å². The molecule has 1 N–H and O–H groups in total. The predicted octanol–water partition coefficient (Wildman–Crippen LogP) is 6.63. The highest BCUT2D eigenvalue weighted by atomic mass is 79.9. The Labute approximate surface area is 183 Å². The van der Waals surface area contributed by atoms with Gasteiger partial charge in [0.25, 0.3) is 5.91 Å². The second kappa shape index (κ2) is 9.95. The van der Waals surface area contributed by atoms with Gasteiger partial charge in [-0.05, 0) is 67.8 Å². The molecule has 0 bridgehead atoms. The number of nitrogens with one attached hydrogen (secondary N) is 1. The maximum absolute atomic E-state index is 12.5. The lowest BCUT2D eigenvalue weighted by atomic mass is 10.1. The fraction of sp³-hybridized carbons (Fsp3) is 0.0526. The minimum absolute atomic E-state index is 0.107. The van der Waals surface area contributed by atoms with Crippen LogP contribution >= 0.6 is 55.1 Å². The normalized spacial score (nSPS) is 10.9. The number of carbonyl (C=O) groups excluding carboxylic acids is 1. The lowest BCUT2D eigenvalue weighted by molar-refractivity contribution is -0.112. The molecule has 0 spiro atoms. The predicted molar refractivity (Wildman–Crippen MR) is 116 cm³/mol. The van der Waals surface area contributed by atoms with Gasteiger partial charge in [-0.3, -0.25) is 4.79 Å². The van der Waals surface area contributed by atoms with Crippen LogP contribution in [0.15, 0.2) is 57.5 Å². The summed E-state index contributed by atoms with van der Waals surface area (Å²) in [5.74, 6) is -0.0235. The summed E-state index contributed by atoms with van der Waals surface area (Å²) in [7, 11) is 0. The van der Waals surface area contributed by atoms with Crippen LogP contribution in [0.1, 0.15) is 5.56 Å². The Kier molecular flexibility index (Phi) is 7.93. The first kappa shape index (κ1) is 21.5. The van der Waals surface area contributed by atoms with E-state index in [1.807, 2.05) is 6.07 Å². The highest BCUT2D eigenvalue weighted by molar-refractivity contribution is 9.11. The number of halogens is 4. The maximum atomic E-state index is 12.5. The quantitative estimate of drug-likeness (QED) is 0.259. The number of hydrogen-bond donors (Lipinski definition) is 1. The molecule has 0 saturated carbocycles. The van der Waals surface area contributed by atoms with Gasteiger partial charge in [0.1, 0.15) is 24.0 Å². The molecule has 0 atom stereocenters. The van der Waals surface area contributed by atoms with Gasteiger partial charge in [-0.2, -0.15) is 5.26 Å². The molecule has 2 aromatic carbocycles. The third-order valence-corrected chi connectivity index (χ3v) is 5.05. The molecule has 8 heteroatoms. The fourth-order valence-corrected chi connectivity index (χ4v) is 4.00. The van der Waals surface area contributed by atoms with E-state index in [2.05, 4.69) is 43.8 Å². The Bertz CT molecular complexity index is 925. The second-order valence-electron chi connectivity index (χ2n) is 5.13. The van der Waals surface area contributed by atoms with Crippen LogP contribution in [0.4, 0.5) is 5.69 Å². The number of benzene rings is 2. The number of ether oxygens (including phenoxy) is 1. The molecule has 2 aromatic rings. The number of nitrogens with zero attached hydrogens (tertiary/aromatic N) is 1. The van der Waals surface area contributed by atoms with E-state index >= 15 is 0 Å². The molecule has 138 valence electrons. The summed E-state index contributed by atoms with van der Waals surface area (Å²) >= 11 is 18.9. The van der Waals surface area contributed by atoms with Crippen LogP contribution in [0.3, 0.4) is 0 Å². The molecule has 1 amide bonds. The molecule has 0 saturated heterocycles. The standard InChI is InChI=1S/C19H12Br2Cl2N2O2/c1-2-6-27-18-13(20)8-11(9-14(18)21)7-12(10-24)19(26)25-17-15(22)4-3-5-16(17)23/h2-5,7-9H,1,6H2,(H,25,26)/b12-7+. The zero-order chi connectivity index (χ0) is 20.0. The third kappa shape index (κ3) is 5.60. The van der Waals surface area contributed by atoms with Gasteiger partial charge in [0.15, 0.2) is 0 Å². The Morgan fingerprint density at radius 1 is 1.26 bits per heavy atom. The summed E-state index contributed by atoms with van der Waals surface area (Å²) in [4.78, 5) is 12.5. The van der Waals surface area contributed by atoms with Crippen molar-refractivity contribution in [2.75, 3.05) is 11.9 Å². The lowest BCUT2D eigenvalue weighted by Gasteiger charge is -2.10. The molecule has 4 nitrogen and oxygen atoms in total. The van der Waals surface area contributed by atoms with E-state index in [9.17, 15) is 10.1 Å². The summed E-state index contributed by atoms with van der Waals surface area (Å²) in [6.45, 7) is 3.95. The van der Waals surface area contributed by atoms with Crippen molar-refractivity contribution in [3.05, 3.63) is 73.1 Å². The molecule has 27 heavy (non-hydrogen) atoms. The van der Waals surface area contributed by atoms with Gasteiger partial charge >= 0.3 is 0 Å². The average molecular weight is 531 g/mol. The number of anilines is 1. The van der Waals surface area contributed by atoms with Gasteiger partial charge < -0.3 is 10.1 Å². The van der Waals surface area contributed by atoms with E-state index in [1.165, 1.54) is 6.08 Å². The van der Waals surface area contributed by atoms with Crippen molar-refractivity contribution in [1.29, 1.82) is 5.26 Å². The van der Waals surface area contributed by atoms with E-state index in [4.69, 9.17) is 27.9 Å². The molecular weight excluding hydrogens is 519 g/mol. The van der Waals surface area contributed by atoms with E-state index in [0.29, 0.717) is 26.9 Å². The van der Waals surface area contributed by atoms with E-state index < -0.39 is 5.91 Å². The van der Waals surface area contributed by atoms with Gasteiger partial charge in [0, 0.05) is 0 Å². The highest BCUT2D eigenvalue weighted by Gasteiger charge is 2.15. The minimum Gasteiger partial charge on any atom is -0.487 e. The van der Waals surface area contributed by atoms with Crippen molar-refractivity contribution in [3.8, 4) is 11.8 Å². The summed E-state index contributed by atoms with van der Waals surface area (Å²) < 4.78 is 6.88. The number of rotatable bonds is 6. The molecule has 0 aliphatic heterocycles. The monoisotopic (exact) mass is 528 g/mol. The molecule has 0 aromatic heterocycles. The molecule has 0 fully saturated rings. The first-order valence-corrected chi connectivity index (χ1v) is 9.81. The van der Waals surface area contributed by atoms with Crippen LogP contribution in [-0.2, 0) is 4.79 Å². The SMILES string of the molecule is C=CCOc1c(Br)cc(/C=C(\C#N)C(=O)Nc2c(Cl)cccc2Cl)cc1Br. The summed E-state index contributed by atoms with van der Waals surface area (Å²) in [6, 6.07) is 10.2. The zero-order valence-electron chi connectivity index (χ0n) is 13.7. The van der Waals surface area contributed by atoms with E-state index in [-0.39, 0.29) is 21.3 Å². The number of para-hydroxylation sites is 1. The summed E-state index contributed by atoms with van der Waals surface area (Å²) in [5, 5.41) is 12.5. The highest BCUT2D eigenvalue weighted by Crippen LogP contribution is 2.35. The van der Waals surface area contributed by atoms with Crippen molar-refractivity contribution in [1.82, 2.24) is 0 Å². The van der Waals surface area contributed by atoms with Gasteiger partial charge in [0.2, 0.25) is 0 Å². The van der Waals surface area contributed by atoms with Crippen molar-refractivity contribution in [2.45, 2.75) is 0 Å². The lowest BCUT2D eigenvalue weighted by Crippen LogP contribution is -2.14. The Morgan fingerprint density at radius 2 is 1.85 bits per heavy atom. The second-order valence-corrected chi connectivity index (χ2v) is 7.66. The Morgan fingerprint density at radius 3 is 2.37 bits per heavy atom. The van der Waals surface area contributed by atoms with Gasteiger partial charge in [-0.25, -0.2) is 0 Å². The topological polar surface area (TPSA) is 62.1 Å². The van der Waals surface area contributed by atoms with Crippen molar-refractivity contribution < 1.29 is 9.53 Å². The maximum Gasteiger partial charge on any atom is 0.266 e. The van der Waals surface area contributed by atoms with Crippen LogP contribution in [0, 0.1) is 11.3 Å². The zero-order valence-corrected chi connectivity index (χ0v) is 18.4. The average Bonchev–Trinajstić information content (AvgIpc) is 2.62. The Balaban J connectivity index is 2.31.